The van der Waals surface area contributed by atoms with E-state index in [1.165, 1.54) is 5.56 Å². The van der Waals surface area contributed by atoms with Crippen molar-refractivity contribution in [2.45, 2.75) is 18.9 Å². The Morgan fingerprint density at radius 2 is 2.32 bits per heavy atom. The number of nitrogens with one attached hydrogen (secondary N) is 1. The van der Waals surface area contributed by atoms with Crippen LogP contribution < -0.4 is 16.0 Å². The molecule has 0 amide bonds. The highest BCUT2D eigenvalue weighted by atomic mass is 16.5. The van der Waals surface area contributed by atoms with Gasteiger partial charge in [0.15, 0.2) is 0 Å². The zero-order valence-electron chi connectivity index (χ0n) is 11.4. The van der Waals surface area contributed by atoms with Crippen LogP contribution in [0.15, 0.2) is 18.2 Å². The third kappa shape index (κ3) is 3.67. The van der Waals surface area contributed by atoms with Crippen molar-refractivity contribution in [2.24, 2.45) is 5.84 Å². The van der Waals surface area contributed by atoms with Gasteiger partial charge in [-0.1, -0.05) is 18.2 Å². The second-order valence-electron chi connectivity index (χ2n) is 4.57. The molecule has 19 heavy (non-hydrogen) atoms. The summed E-state index contributed by atoms with van der Waals surface area (Å²) in [4.78, 5) is 0. The van der Waals surface area contributed by atoms with Crippen molar-refractivity contribution in [2.75, 3.05) is 33.5 Å². The van der Waals surface area contributed by atoms with Gasteiger partial charge in [-0.15, -0.1) is 0 Å². The summed E-state index contributed by atoms with van der Waals surface area (Å²) in [5.41, 5.74) is 5.12. The molecule has 3 N–H and O–H groups in total. The Balaban J connectivity index is 2.05. The van der Waals surface area contributed by atoms with Crippen molar-refractivity contribution in [3.63, 3.8) is 0 Å². The Hall–Kier alpha value is -1.14. The molecule has 0 saturated heterocycles. The monoisotopic (exact) mass is 266 g/mol. The van der Waals surface area contributed by atoms with Gasteiger partial charge in [-0.25, -0.2) is 0 Å². The van der Waals surface area contributed by atoms with Gasteiger partial charge in [-0.3, -0.25) is 11.3 Å². The fourth-order valence-electron chi connectivity index (χ4n) is 2.26. The summed E-state index contributed by atoms with van der Waals surface area (Å²) in [7, 11) is 1.66. The van der Waals surface area contributed by atoms with Gasteiger partial charge < -0.3 is 14.2 Å². The lowest BCUT2D eigenvalue weighted by atomic mass is 9.98. The molecule has 1 heterocycles. The normalized spacial score (nSPS) is 15.7. The van der Waals surface area contributed by atoms with E-state index in [9.17, 15) is 0 Å². The Labute approximate surface area is 114 Å². The molecular formula is C14H22N2O3. The van der Waals surface area contributed by atoms with Gasteiger partial charge in [-0.2, -0.15) is 0 Å². The molecule has 0 aromatic heterocycles. The van der Waals surface area contributed by atoms with Gasteiger partial charge in [0.25, 0.3) is 0 Å². The number of methoxy groups -OCH3 is 1. The Morgan fingerprint density at radius 1 is 1.42 bits per heavy atom. The molecule has 0 aliphatic carbocycles. The fourth-order valence-corrected chi connectivity index (χ4v) is 2.26. The maximum atomic E-state index is 5.79. The third-order valence-electron chi connectivity index (χ3n) is 3.26. The summed E-state index contributed by atoms with van der Waals surface area (Å²) in [5, 5.41) is 0. The Kier molecular flexibility index (Phi) is 5.60. The van der Waals surface area contributed by atoms with Crippen LogP contribution in [0.4, 0.5) is 0 Å². The SMILES string of the molecule is COCCOCC(NN)c1cccc2c1OCCC2. The topological polar surface area (TPSA) is 65.7 Å². The molecule has 1 aromatic rings. The minimum absolute atomic E-state index is 0.0649. The molecule has 2 rings (SSSR count). The molecule has 1 aliphatic rings. The van der Waals surface area contributed by atoms with Gasteiger partial charge in [0.05, 0.1) is 32.5 Å². The molecule has 1 unspecified atom stereocenters. The van der Waals surface area contributed by atoms with Crippen molar-refractivity contribution in [3.8, 4) is 5.75 Å². The molecule has 5 nitrogen and oxygen atoms in total. The number of rotatable bonds is 7. The van der Waals surface area contributed by atoms with Crippen LogP contribution in [0, 0.1) is 0 Å². The van der Waals surface area contributed by atoms with Crippen LogP contribution in [0.25, 0.3) is 0 Å². The summed E-state index contributed by atoms with van der Waals surface area (Å²) in [6.45, 7) is 2.41. The van der Waals surface area contributed by atoms with Crippen molar-refractivity contribution >= 4 is 0 Å². The lowest BCUT2D eigenvalue weighted by molar-refractivity contribution is 0.0580. The number of fused-ring (bicyclic) bond motifs is 1. The van der Waals surface area contributed by atoms with E-state index in [0.717, 1.165) is 30.8 Å². The van der Waals surface area contributed by atoms with Gasteiger partial charge >= 0.3 is 0 Å². The van der Waals surface area contributed by atoms with Gasteiger partial charge in [-0.05, 0) is 18.4 Å². The molecular weight excluding hydrogens is 244 g/mol. The first-order chi connectivity index (χ1) is 9.36. The minimum Gasteiger partial charge on any atom is -0.493 e. The summed E-state index contributed by atoms with van der Waals surface area (Å²) in [5.74, 6) is 6.60. The van der Waals surface area contributed by atoms with Crippen molar-refractivity contribution < 1.29 is 14.2 Å². The van der Waals surface area contributed by atoms with E-state index in [1.807, 2.05) is 12.1 Å². The molecule has 0 spiro atoms. The molecule has 1 aliphatic heterocycles. The van der Waals surface area contributed by atoms with Crippen LogP contribution in [-0.2, 0) is 15.9 Å². The number of para-hydroxylation sites is 1. The lowest BCUT2D eigenvalue weighted by Gasteiger charge is -2.24. The molecule has 1 aromatic carbocycles. The van der Waals surface area contributed by atoms with E-state index < -0.39 is 0 Å². The predicted molar refractivity (Wildman–Crippen MR) is 73.0 cm³/mol. The average molecular weight is 266 g/mol. The number of benzene rings is 1. The Bertz CT molecular complexity index is 398. The summed E-state index contributed by atoms with van der Waals surface area (Å²) < 4.78 is 16.3. The molecule has 106 valence electrons. The minimum atomic E-state index is -0.0649. The van der Waals surface area contributed by atoms with E-state index >= 15 is 0 Å². The third-order valence-corrected chi connectivity index (χ3v) is 3.26. The second kappa shape index (κ2) is 7.45. The summed E-state index contributed by atoms with van der Waals surface area (Å²) in [6, 6.07) is 6.12. The first-order valence-electron chi connectivity index (χ1n) is 6.64. The van der Waals surface area contributed by atoms with Gasteiger partial charge in [0.1, 0.15) is 5.75 Å². The van der Waals surface area contributed by atoms with E-state index in [1.54, 1.807) is 7.11 Å². The first kappa shape index (κ1) is 14.3. The van der Waals surface area contributed by atoms with Gasteiger partial charge in [0, 0.05) is 12.7 Å². The van der Waals surface area contributed by atoms with E-state index in [-0.39, 0.29) is 6.04 Å². The molecule has 5 heteroatoms. The van der Waals surface area contributed by atoms with Crippen LogP contribution in [0.3, 0.4) is 0 Å². The highest BCUT2D eigenvalue weighted by molar-refractivity contribution is 5.44. The summed E-state index contributed by atoms with van der Waals surface area (Å²) >= 11 is 0. The standard InChI is InChI=1S/C14H22N2O3/c1-17-8-9-18-10-13(16-15)12-6-2-4-11-5-3-7-19-14(11)12/h2,4,6,13,16H,3,5,7-10,15H2,1H3. The molecule has 0 bridgehead atoms. The van der Waals surface area contributed by atoms with E-state index in [2.05, 4.69) is 11.5 Å². The zero-order chi connectivity index (χ0) is 13.5. The first-order valence-corrected chi connectivity index (χ1v) is 6.64. The average Bonchev–Trinajstić information content (AvgIpc) is 2.47. The maximum Gasteiger partial charge on any atom is 0.127 e. The number of aryl methyl sites for hydroxylation is 1. The largest absolute Gasteiger partial charge is 0.493 e. The molecule has 0 saturated carbocycles. The fraction of sp³-hybridized carbons (Fsp3) is 0.571. The quantitative estimate of drug-likeness (QED) is 0.441. The number of hydrazine groups is 1. The smallest absolute Gasteiger partial charge is 0.127 e. The highest BCUT2D eigenvalue weighted by Crippen LogP contribution is 2.32. The number of hydrogen-bond donors (Lipinski definition) is 2. The van der Waals surface area contributed by atoms with E-state index in [4.69, 9.17) is 20.1 Å². The number of ether oxygens (including phenoxy) is 3. The highest BCUT2D eigenvalue weighted by Gasteiger charge is 2.20. The zero-order valence-corrected chi connectivity index (χ0v) is 11.4. The van der Waals surface area contributed by atoms with Crippen molar-refractivity contribution in [1.82, 2.24) is 5.43 Å². The van der Waals surface area contributed by atoms with Crippen LogP contribution in [0.5, 0.6) is 5.75 Å². The number of nitrogens with two attached hydrogens (primary N) is 1. The Morgan fingerprint density at radius 3 is 3.11 bits per heavy atom. The summed E-state index contributed by atoms with van der Waals surface area (Å²) in [6.07, 6.45) is 2.13. The van der Waals surface area contributed by atoms with E-state index in [0.29, 0.717) is 19.8 Å². The molecule has 0 radical (unpaired) electrons. The van der Waals surface area contributed by atoms with Crippen LogP contribution in [-0.4, -0.2) is 33.5 Å². The second-order valence-corrected chi connectivity index (χ2v) is 4.57. The molecule has 0 fully saturated rings. The molecule has 1 atom stereocenters. The van der Waals surface area contributed by atoms with Crippen LogP contribution >= 0.6 is 0 Å². The number of hydrogen-bond acceptors (Lipinski definition) is 5. The predicted octanol–water partition coefficient (Wildman–Crippen LogP) is 1.18. The van der Waals surface area contributed by atoms with Crippen molar-refractivity contribution in [3.05, 3.63) is 29.3 Å². The van der Waals surface area contributed by atoms with Crippen molar-refractivity contribution in [1.29, 1.82) is 0 Å². The van der Waals surface area contributed by atoms with Crippen LogP contribution in [0.1, 0.15) is 23.6 Å². The van der Waals surface area contributed by atoms with Gasteiger partial charge in [0.2, 0.25) is 0 Å². The lowest BCUT2D eigenvalue weighted by Crippen LogP contribution is -2.32. The van der Waals surface area contributed by atoms with Crippen LogP contribution in [0.2, 0.25) is 0 Å². The maximum absolute atomic E-state index is 5.79.